The average molecular weight is 425 g/mol. The van der Waals surface area contributed by atoms with Crippen molar-refractivity contribution in [3.05, 3.63) is 100 Å². The second-order valence-electron chi connectivity index (χ2n) is 7.89. The Balaban J connectivity index is 0.000000157. The SMILES string of the molecule is CSc1ccc2c3c(ccc2c1)C1=C(CCC=C1)CC3.O=c1[nH]cnc2ccccc12. The van der Waals surface area contributed by atoms with Crippen LogP contribution in [0.3, 0.4) is 0 Å². The van der Waals surface area contributed by atoms with Gasteiger partial charge >= 0.3 is 0 Å². The number of benzene rings is 3. The van der Waals surface area contributed by atoms with E-state index in [0.29, 0.717) is 5.39 Å². The van der Waals surface area contributed by atoms with Crippen LogP contribution in [0.2, 0.25) is 0 Å². The third kappa shape index (κ3) is 3.84. The van der Waals surface area contributed by atoms with Crippen LogP contribution in [0.4, 0.5) is 0 Å². The van der Waals surface area contributed by atoms with Crippen molar-refractivity contribution in [2.24, 2.45) is 0 Å². The first-order valence-electron chi connectivity index (χ1n) is 10.7. The van der Waals surface area contributed by atoms with Gasteiger partial charge in [-0.2, -0.15) is 0 Å². The zero-order chi connectivity index (χ0) is 21.2. The molecule has 3 nitrogen and oxygen atoms in total. The Kier molecular flexibility index (Phi) is 5.47. The zero-order valence-electron chi connectivity index (χ0n) is 17.5. The summed E-state index contributed by atoms with van der Waals surface area (Å²) in [6, 6.07) is 18.8. The number of nitrogens with one attached hydrogen (secondary N) is 1. The summed E-state index contributed by atoms with van der Waals surface area (Å²) in [6.45, 7) is 0. The van der Waals surface area contributed by atoms with E-state index in [-0.39, 0.29) is 5.56 Å². The van der Waals surface area contributed by atoms with E-state index >= 15 is 0 Å². The van der Waals surface area contributed by atoms with Gasteiger partial charge in [-0.25, -0.2) is 4.98 Å². The van der Waals surface area contributed by atoms with E-state index in [9.17, 15) is 4.79 Å². The molecule has 4 heteroatoms. The van der Waals surface area contributed by atoms with Crippen LogP contribution >= 0.6 is 11.8 Å². The van der Waals surface area contributed by atoms with E-state index in [1.807, 2.05) is 30.0 Å². The molecule has 6 rings (SSSR count). The molecule has 1 aromatic heterocycles. The molecule has 2 aliphatic carbocycles. The molecule has 0 spiro atoms. The van der Waals surface area contributed by atoms with Gasteiger partial charge in [0.2, 0.25) is 0 Å². The van der Waals surface area contributed by atoms with Crippen LogP contribution in [0.15, 0.2) is 88.3 Å². The maximum Gasteiger partial charge on any atom is 0.258 e. The maximum atomic E-state index is 11.1. The van der Waals surface area contributed by atoms with Crippen LogP contribution in [-0.2, 0) is 6.42 Å². The lowest BCUT2D eigenvalue weighted by atomic mass is 9.79. The molecule has 0 saturated heterocycles. The second kappa shape index (κ2) is 8.56. The summed E-state index contributed by atoms with van der Waals surface area (Å²) in [4.78, 5) is 18.9. The number of hydrogen-bond acceptors (Lipinski definition) is 3. The monoisotopic (exact) mass is 424 g/mol. The normalized spacial score (nSPS) is 14.7. The summed E-state index contributed by atoms with van der Waals surface area (Å²) in [6.07, 6.45) is 13.2. The number of fused-ring (bicyclic) bond motifs is 5. The highest BCUT2D eigenvalue weighted by atomic mass is 32.2. The summed E-state index contributed by atoms with van der Waals surface area (Å²) >= 11 is 1.82. The van der Waals surface area contributed by atoms with Crippen molar-refractivity contribution in [1.82, 2.24) is 9.97 Å². The van der Waals surface area contributed by atoms with Crippen molar-refractivity contribution >= 4 is 39.0 Å². The number of aryl methyl sites for hydroxylation is 1. The predicted molar refractivity (Wildman–Crippen MR) is 132 cm³/mol. The average Bonchev–Trinajstić information content (AvgIpc) is 2.84. The number of allylic oxidation sites excluding steroid dienone is 4. The molecule has 0 radical (unpaired) electrons. The van der Waals surface area contributed by atoms with E-state index < -0.39 is 0 Å². The summed E-state index contributed by atoms with van der Waals surface area (Å²) in [7, 11) is 0. The molecule has 0 aliphatic heterocycles. The topological polar surface area (TPSA) is 45.8 Å². The molecule has 0 amide bonds. The Morgan fingerprint density at radius 1 is 0.968 bits per heavy atom. The number of nitrogens with zero attached hydrogens (tertiary/aromatic N) is 1. The maximum absolute atomic E-state index is 11.1. The van der Waals surface area contributed by atoms with E-state index in [2.05, 4.69) is 58.7 Å². The fourth-order valence-electron chi connectivity index (χ4n) is 4.56. The highest BCUT2D eigenvalue weighted by Crippen LogP contribution is 2.40. The number of hydrogen-bond donors (Lipinski definition) is 1. The fourth-order valence-corrected chi connectivity index (χ4v) is 5.01. The Bertz CT molecular complexity index is 1390. The minimum absolute atomic E-state index is 0.0874. The first kappa shape index (κ1) is 19.8. The molecule has 0 bridgehead atoms. The van der Waals surface area contributed by atoms with Gasteiger partial charge < -0.3 is 4.98 Å². The highest BCUT2D eigenvalue weighted by molar-refractivity contribution is 7.98. The lowest BCUT2D eigenvalue weighted by molar-refractivity contribution is 0.831. The molecule has 0 saturated carbocycles. The minimum atomic E-state index is -0.0874. The summed E-state index contributed by atoms with van der Waals surface area (Å²) in [5.74, 6) is 0. The molecule has 0 fully saturated rings. The van der Waals surface area contributed by atoms with Crippen molar-refractivity contribution in [1.29, 1.82) is 0 Å². The smallest absolute Gasteiger partial charge is 0.258 e. The Morgan fingerprint density at radius 2 is 1.87 bits per heavy atom. The number of rotatable bonds is 1. The van der Waals surface area contributed by atoms with Crippen molar-refractivity contribution in [2.45, 2.75) is 30.6 Å². The largest absolute Gasteiger partial charge is 0.313 e. The molecule has 3 aromatic carbocycles. The standard InChI is InChI=1S/C19H18S.C8H6N2O/c1-20-15-8-11-17-14(12-15)7-10-18-16-5-3-2-4-13(16)6-9-19(17)18;11-8-6-3-1-2-4-7(6)9-5-10-8/h3,5,7-8,10-12H,2,4,6,9H2,1H3;1-5H,(H,9,10,11). The van der Waals surface area contributed by atoms with Crippen LogP contribution in [0, 0.1) is 0 Å². The van der Waals surface area contributed by atoms with E-state index in [4.69, 9.17) is 0 Å². The Hall–Kier alpha value is -3.11. The van der Waals surface area contributed by atoms with Gasteiger partial charge in [0.1, 0.15) is 0 Å². The first-order chi connectivity index (χ1) is 15.2. The van der Waals surface area contributed by atoms with Gasteiger partial charge in [0.05, 0.1) is 17.2 Å². The zero-order valence-corrected chi connectivity index (χ0v) is 18.3. The van der Waals surface area contributed by atoms with Crippen molar-refractivity contribution < 1.29 is 0 Å². The molecule has 2 aliphatic rings. The van der Waals surface area contributed by atoms with E-state index in [0.717, 1.165) is 5.52 Å². The molecule has 1 N–H and O–H groups in total. The quantitative estimate of drug-likeness (QED) is 0.353. The van der Waals surface area contributed by atoms with Gasteiger partial charge in [0, 0.05) is 4.90 Å². The summed E-state index contributed by atoms with van der Waals surface area (Å²) in [5, 5.41) is 3.47. The fraction of sp³-hybridized carbons (Fsp3) is 0.185. The Morgan fingerprint density at radius 3 is 2.74 bits per heavy atom. The van der Waals surface area contributed by atoms with Gasteiger partial charge in [-0.05, 0) is 83.7 Å². The first-order valence-corrected chi connectivity index (χ1v) is 11.9. The minimum Gasteiger partial charge on any atom is -0.313 e. The number of thioether (sulfide) groups is 1. The van der Waals surface area contributed by atoms with Crippen molar-refractivity contribution in [3.8, 4) is 0 Å². The van der Waals surface area contributed by atoms with Gasteiger partial charge in [-0.1, -0.05) is 48.1 Å². The predicted octanol–water partition coefficient (Wildman–Crippen LogP) is 6.53. The molecular weight excluding hydrogens is 400 g/mol. The van der Waals surface area contributed by atoms with Crippen LogP contribution in [0.25, 0.3) is 27.2 Å². The molecule has 4 aromatic rings. The van der Waals surface area contributed by atoms with E-state index in [1.54, 1.807) is 17.2 Å². The second-order valence-corrected chi connectivity index (χ2v) is 8.77. The van der Waals surface area contributed by atoms with Crippen LogP contribution < -0.4 is 5.56 Å². The Labute approximate surface area is 185 Å². The van der Waals surface area contributed by atoms with E-state index in [1.165, 1.54) is 58.8 Å². The van der Waals surface area contributed by atoms with Crippen molar-refractivity contribution in [2.75, 3.05) is 6.26 Å². The molecule has 1 heterocycles. The molecule has 154 valence electrons. The van der Waals surface area contributed by atoms with Crippen molar-refractivity contribution in [3.63, 3.8) is 0 Å². The number of para-hydroxylation sites is 1. The lowest BCUT2D eigenvalue weighted by Gasteiger charge is -2.25. The van der Waals surface area contributed by atoms with Gasteiger partial charge in [0.15, 0.2) is 0 Å². The number of aromatic nitrogens is 2. The molecule has 31 heavy (non-hydrogen) atoms. The summed E-state index contributed by atoms with van der Waals surface area (Å²) in [5.41, 5.74) is 6.85. The lowest BCUT2D eigenvalue weighted by Crippen LogP contribution is -2.07. The third-order valence-corrected chi connectivity index (χ3v) is 6.86. The molecular formula is C27H24N2OS. The number of H-pyrrole nitrogens is 1. The van der Waals surface area contributed by atoms with Gasteiger partial charge in [-0.3, -0.25) is 4.79 Å². The molecule has 0 atom stereocenters. The highest BCUT2D eigenvalue weighted by Gasteiger charge is 2.20. The number of aromatic amines is 1. The molecule has 0 unspecified atom stereocenters. The van der Waals surface area contributed by atoms with Gasteiger partial charge in [-0.15, -0.1) is 11.8 Å². The van der Waals surface area contributed by atoms with Crippen LogP contribution in [0.1, 0.15) is 30.4 Å². The summed E-state index contributed by atoms with van der Waals surface area (Å²) < 4.78 is 0. The van der Waals surface area contributed by atoms with Crippen LogP contribution in [-0.4, -0.2) is 16.2 Å². The third-order valence-electron chi connectivity index (χ3n) is 6.13. The van der Waals surface area contributed by atoms with Crippen LogP contribution in [0.5, 0.6) is 0 Å². The van der Waals surface area contributed by atoms with Gasteiger partial charge in [0.25, 0.3) is 5.56 Å².